The summed E-state index contributed by atoms with van der Waals surface area (Å²) in [6.45, 7) is 0.556. The van der Waals surface area contributed by atoms with Crippen LogP contribution in [0.1, 0.15) is 5.56 Å². The third-order valence-corrected chi connectivity index (χ3v) is 3.23. The minimum Gasteiger partial charge on any atom is -0.488 e. The van der Waals surface area contributed by atoms with E-state index < -0.39 is 0 Å². The molecule has 0 bridgehead atoms. The molecule has 0 aromatic heterocycles. The molecule has 0 saturated heterocycles. The zero-order valence-corrected chi connectivity index (χ0v) is 11.1. The minimum absolute atomic E-state index is 0.0727. The summed E-state index contributed by atoms with van der Waals surface area (Å²) in [7, 11) is 0. The molecule has 0 radical (unpaired) electrons. The van der Waals surface area contributed by atoms with Gasteiger partial charge in [-0.15, -0.1) is 0 Å². The number of benzene rings is 2. The van der Waals surface area contributed by atoms with Crippen LogP contribution in [0.2, 0.25) is 0 Å². The quantitative estimate of drug-likeness (QED) is 0.663. The van der Waals surface area contributed by atoms with Crippen molar-refractivity contribution in [2.75, 3.05) is 11.9 Å². The van der Waals surface area contributed by atoms with Crippen LogP contribution < -0.4 is 15.8 Å². The maximum Gasteiger partial charge on any atom is 0.193 e. The van der Waals surface area contributed by atoms with Crippen molar-refractivity contribution in [3.05, 3.63) is 60.2 Å². The van der Waals surface area contributed by atoms with E-state index in [0.717, 1.165) is 17.9 Å². The Kier molecular flexibility index (Phi) is 3.54. The Hall–Kier alpha value is -2.49. The Morgan fingerprint density at radius 1 is 1.15 bits per heavy atom. The summed E-state index contributed by atoms with van der Waals surface area (Å²) in [5.41, 5.74) is 8.05. The van der Waals surface area contributed by atoms with Crippen LogP contribution in [0.3, 0.4) is 0 Å². The molecule has 1 atom stereocenters. The molecule has 3 N–H and O–H groups in total. The highest BCUT2D eigenvalue weighted by Gasteiger charge is 2.21. The average molecular weight is 267 g/mol. The number of hydrogen-bond acceptors (Lipinski definition) is 2. The first-order valence-electron chi connectivity index (χ1n) is 6.68. The highest BCUT2D eigenvalue weighted by molar-refractivity contribution is 5.92. The molecule has 102 valence electrons. The van der Waals surface area contributed by atoms with Crippen LogP contribution in [0.15, 0.2) is 59.6 Å². The van der Waals surface area contributed by atoms with Crippen molar-refractivity contribution in [2.45, 2.75) is 12.5 Å². The Morgan fingerprint density at radius 2 is 1.90 bits per heavy atom. The number of ether oxygens (including phenoxy) is 1. The predicted octanol–water partition coefficient (Wildman–Crippen LogP) is 2.42. The van der Waals surface area contributed by atoms with Gasteiger partial charge >= 0.3 is 0 Å². The van der Waals surface area contributed by atoms with Crippen molar-refractivity contribution in [3.63, 3.8) is 0 Å². The molecule has 0 amide bonds. The van der Waals surface area contributed by atoms with E-state index in [-0.39, 0.29) is 6.10 Å². The normalized spacial score (nSPS) is 17.4. The van der Waals surface area contributed by atoms with Gasteiger partial charge in [-0.25, -0.2) is 4.99 Å². The van der Waals surface area contributed by atoms with Gasteiger partial charge in [-0.05, 0) is 23.8 Å². The molecule has 0 fully saturated rings. The number of nitrogens with two attached hydrogens (primary N) is 1. The van der Waals surface area contributed by atoms with Crippen molar-refractivity contribution >= 4 is 11.6 Å². The second kappa shape index (κ2) is 5.65. The average Bonchev–Trinajstić information content (AvgIpc) is 2.89. The summed E-state index contributed by atoms with van der Waals surface area (Å²) in [6.07, 6.45) is 0.960. The van der Waals surface area contributed by atoms with E-state index in [0.29, 0.717) is 12.5 Å². The standard InChI is InChI=1S/C16H17N3O/c17-16(19-13-7-2-1-3-8-13)18-11-14-10-12-6-4-5-9-15(12)20-14/h1-9,14H,10-11H2,(H3,17,18,19). The fourth-order valence-electron chi connectivity index (χ4n) is 2.26. The van der Waals surface area contributed by atoms with E-state index in [9.17, 15) is 0 Å². The van der Waals surface area contributed by atoms with E-state index in [4.69, 9.17) is 10.5 Å². The van der Waals surface area contributed by atoms with Gasteiger partial charge in [0.15, 0.2) is 5.96 Å². The van der Waals surface area contributed by atoms with E-state index in [1.165, 1.54) is 5.56 Å². The van der Waals surface area contributed by atoms with Crippen LogP contribution in [0, 0.1) is 0 Å². The summed E-state index contributed by atoms with van der Waals surface area (Å²) in [5, 5.41) is 3.06. The number of nitrogens with one attached hydrogen (secondary N) is 1. The molecule has 4 nitrogen and oxygen atoms in total. The molecule has 2 aromatic carbocycles. The molecule has 1 heterocycles. The number of aliphatic imine (C=N–C) groups is 1. The van der Waals surface area contributed by atoms with E-state index in [1.807, 2.05) is 48.5 Å². The van der Waals surface area contributed by atoms with Gasteiger partial charge in [-0.1, -0.05) is 36.4 Å². The number of hydrogen-bond donors (Lipinski definition) is 2. The third kappa shape index (κ3) is 2.91. The molecular formula is C16H17N3O. The van der Waals surface area contributed by atoms with Gasteiger partial charge < -0.3 is 15.8 Å². The zero-order chi connectivity index (χ0) is 13.8. The molecule has 2 aromatic rings. The monoisotopic (exact) mass is 267 g/mol. The highest BCUT2D eigenvalue weighted by Crippen LogP contribution is 2.28. The van der Waals surface area contributed by atoms with Gasteiger partial charge in [0.25, 0.3) is 0 Å². The van der Waals surface area contributed by atoms with Crippen molar-refractivity contribution in [2.24, 2.45) is 10.7 Å². The highest BCUT2D eigenvalue weighted by atomic mass is 16.5. The zero-order valence-electron chi connectivity index (χ0n) is 11.1. The number of rotatable bonds is 3. The summed E-state index contributed by atoms with van der Waals surface area (Å²) in [5.74, 6) is 1.37. The summed E-state index contributed by atoms with van der Waals surface area (Å²) >= 11 is 0. The van der Waals surface area contributed by atoms with Crippen LogP contribution in [0.5, 0.6) is 5.75 Å². The molecule has 20 heavy (non-hydrogen) atoms. The summed E-state index contributed by atoms with van der Waals surface area (Å²) < 4.78 is 5.82. The van der Waals surface area contributed by atoms with Crippen LogP contribution in [-0.4, -0.2) is 18.6 Å². The molecular weight excluding hydrogens is 250 g/mol. The first kappa shape index (κ1) is 12.5. The minimum atomic E-state index is 0.0727. The topological polar surface area (TPSA) is 59.6 Å². The smallest absolute Gasteiger partial charge is 0.193 e. The molecule has 3 rings (SSSR count). The van der Waals surface area contributed by atoms with Crippen LogP contribution in [0.25, 0.3) is 0 Å². The molecule has 0 aliphatic carbocycles. The number of guanidine groups is 1. The lowest BCUT2D eigenvalue weighted by Crippen LogP contribution is -2.26. The van der Waals surface area contributed by atoms with E-state index in [1.54, 1.807) is 0 Å². The number of fused-ring (bicyclic) bond motifs is 1. The predicted molar refractivity (Wildman–Crippen MR) is 81.1 cm³/mol. The largest absolute Gasteiger partial charge is 0.488 e. The summed E-state index contributed by atoms with van der Waals surface area (Å²) in [6, 6.07) is 17.8. The molecule has 1 aliphatic heterocycles. The maximum absolute atomic E-state index is 5.87. The fraction of sp³-hybridized carbons (Fsp3) is 0.188. The summed E-state index contributed by atoms with van der Waals surface area (Å²) in [4.78, 5) is 4.34. The van der Waals surface area contributed by atoms with Crippen molar-refractivity contribution < 1.29 is 4.74 Å². The van der Waals surface area contributed by atoms with Gasteiger partial charge in [0.1, 0.15) is 11.9 Å². The van der Waals surface area contributed by atoms with Crippen molar-refractivity contribution in [3.8, 4) is 5.75 Å². The number of para-hydroxylation sites is 2. The Morgan fingerprint density at radius 3 is 2.70 bits per heavy atom. The van der Waals surface area contributed by atoms with Crippen molar-refractivity contribution in [1.29, 1.82) is 0 Å². The Bertz CT molecular complexity index is 585. The third-order valence-electron chi connectivity index (χ3n) is 3.23. The molecule has 0 spiro atoms. The van der Waals surface area contributed by atoms with Crippen LogP contribution in [0.4, 0.5) is 5.69 Å². The maximum atomic E-state index is 5.87. The van der Waals surface area contributed by atoms with Crippen LogP contribution >= 0.6 is 0 Å². The second-order valence-electron chi connectivity index (χ2n) is 4.77. The van der Waals surface area contributed by atoms with Gasteiger partial charge in [0, 0.05) is 12.1 Å². The Labute approximate surface area is 118 Å². The van der Waals surface area contributed by atoms with E-state index in [2.05, 4.69) is 16.4 Å². The molecule has 0 saturated carbocycles. The first-order chi connectivity index (χ1) is 9.81. The molecule has 1 aliphatic rings. The number of anilines is 1. The fourth-order valence-corrected chi connectivity index (χ4v) is 2.26. The SMILES string of the molecule is NC(=NCC1Cc2ccccc2O1)Nc1ccccc1. The van der Waals surface area contributed by atoms with Gasteiger partial charge in [0.05, 0.1) is 6.54 Å². The lowest BCUT2D eigenvalue weighted by atomic mass is 10.1. The second-order valence-corrected chi connectivity index (χ2v) is 4.77. The first-order valence-corrected chi connectivity index (χ1v) is 6.68. The van der Waals surface area contributed by atoms with Gasteiger partial charge in [0.2, 0.25) is 0 Å². The van der Waals surface area contributed by atoms with Crippen LogP contribution in [-0.2, 0) is 6.42 Å². The van der Waals surface area contributed by atoms with E-state index >= 15 is 0 Å². The van der Waals surface area contributed by atoms with Gasteiger partial charge in [-0.3, -0.25) is 0 Å². The van der Waals surface area contributed by atoms with Crippen molar-refractivity contribution in [1.82, 2.24) is 0 Å². The molecule has 4 heteroatoms. The lowest BCUT2D eigenvalue weighted by molar-refractivity contribution is 0.242. The molecule has 1 unspecified atom stereocenters. The lowest BCUT2D eigenvalue weighted by Gasteiger charge is -2.09. The van der Waals surface area contributed by atoms with Gasteiger partial charge in [-0.2, -0.15) is 0 Å². The Balaban J connectivity index is 1.56. The number of nitrogens with zero attached hydrogens (tertiary/aromatic N) is 1.